The van der Waals surface area contributed by atoms with E-state index in [1.807, 2.05) is 68.4 Å². The van der Waals surface area contributed by atoms with Gasteiger partial charge in [-0.25, -0.2) is 0 Å². The molecule has 5 nitrogen and oxygen atoms in total. The second kappa shape index (κ2) is 8.18. The summed E-state index contributed by atoms with van der Waals surface area (Å²) in [6.07, 6.45) is 0.836. The molecule has 0 saturated heterocycles. The van der Waals surface area contributed by atoms with Gasteiger partial charge in [-0.05, 0) is 43.8 Å². The van der Waals surface area contributed by atoms with Crippen molar-refractivity contribution in [2.45, 2.75) is 19.4 Å². The van der Waals surface area contributed by atoms with Crippen LogP contribution in [0.1, 0.15) is 34.6 Å². The van der Waals surface area contributed by atoms with Crippen LogP contribution in [0.4, 0.5) is 0 Å². The SMILES string of the molecule is CCc1ccc2oc(C(=O)NCC(c3ccccc3)N(C)C)cc(=O)c2c1. The molecule has 1 aromatic heterocycles. The van der Waals surface area contributed by atoms with Crippen LogP contribution in [0.25, 0.3) is 11.0 Å². The number of carbonyl (C=O) groups excluding carboxylic acids is 1. The van der Waals surface area contributed by atoms with Gasteiger partial charge in [-0.1, -0.05) is 43.3 Å². The first-order valence-electron chi connectivity index (χ1n) is 9.06. The Labute approximate surface area is 158 Å². The summed E-state index contributed by atoms with van der Waals surface area (Å²) >= 11 is 0. The molecule has 1 amide bonds. The molecule has 27 heavy (non-hydrogen) atoms. The summed E-state index contributed by atoms with van der Waals surface area (Å²) in [4.78, 5) is 27.0. The number of hydrogen-bond acceptors (Lipinski definition) is 4. The molecule has 0 aliphatic carbocycles. The molecule has 5 heteroatoms. The number of carbonyl (C=O) groups is 1. The quantitative estimate of drug-likeness (QED) is 0.728. The summed E-state index contributed by atoms with van der Waals surface area (Å²) < 4.78 is 5.68. The average Bonchev–Trinajstić information content (AvgIpc) is 2.68. The van der Waals surface area contributed by atoms with Gasteiger partial charge in [-0.2, -0.15) is 0 Å². The number of fused-ring (bicyclic) bond motifs is 1. The smallest absolute Gasteiger partial charge is 0.287 e. The molecule has 0 radical (unpaired) electrons. The number of amides is 1. The van der Waals surface area contributed by atoms with E-state index in [2.05, 4.69) is 5.32 Å². The Morgan fingerprint density at radius 2 is 1.85 bits per heavy atom. The van der Waals surface area contributed by atoms with Crippen molar-refractivity contribution in [3.8, 4) is 0 Å². The Morgan fingerprint density at radius 1 is 1.11 bits per heavy atom. The van der Waals surface area contributed by atoms with Gasteiger partial charge in [0.25, 0.3) is 5.91 Å². The number of nitrogens with zero attached hydrogens (tertiary/aromatic N) is 1. The van der Waals surface area contributed by atoms with E-state index in [4.69, 9.17) is 4.42 Å². The van der Waals surface area contributed by atoms with Gasteiger partial charge in [0.05, 0.1) is 11.4 Å². The highest BCUT2D eigenvalue weighted by Crippen LogP contribution is 2.18. The second-order valence-corrected chi connectivity index (χ2v) is 6.76. The normalized spacial score (nSPS) is 12.3. The molecule has 0 fully saturated rings. The molecule has 0 bridgehead atoms. The molecule has 3 rings (SSSR count). The summed E-state index contributed by atoms with van der Waals surface area (Å²) in [5.41, 5.74) is 2.39. The summed E-state index contributed by atoms with van der Waals surface area (Å²) in [6.45, 7) is 2.44. The molecule has 2 aromatic carbocycles. The highest BCUT2D eigenvalue weighted by Gasteiger charge is 2.17. The lowest BCUT2D eigenvalue weighted by Gasteiger charge is -2.25. The molecular formula is C22H24N2O3. The minimum absolute atomic E-state index is 0.0226. The number of nitrogens with one attached hydrogen (secondary N) is 1. The van der Waals surface area contributed by atoms with Crippen molar-refractivity contribution in [3.63, 3.8) is 0 Å². The molecule has 0 saturated carbocycles. The van der Waals surface area contributed by atoms with Gasteiger partial charge in [-0.15, -0.1) is 0 Å². The zero-order chi connectivity index (χ0) is 19.4. The molecule has 0 aliphatic rings. The molecule has 0 aliphatic heterocycles. The summed E-state index contributed by atoms with van der Waals surface area (Å²) in [5.74, 6) is -0.362. The highest BCUT2D eigenvalue weighted by molar-refractivity contribution is 5.93. The Balaban J connectivity index is 1.80. The largest absolute Gasteiger partial charge is 0.451 e. The predicted octanol–water partition coefficient (Wildman–Crippen LogP) is 3.39. The van der Waals surface area contributed by atoms with Gasteiger partial charge in [-0.3, -0.25) is 9.59 Å². The van der Waals surface area contributed by atoms with Crippen molar-refractivity contribution in [1.82, 2.24) is 10.2 Å². The number of likely N-dealkylation sites (N-methyl/N-ethyl adjacent to an activating group) is 1. The van der Waals surface area contributed by atoms with E-state index in [0.29, 0.717) is 17.5 Å². The lowest BCUT2D eigenvalue weighted by molar-refractivity contribution is 0.0914. The highest BCUT2D eigenvalue weighted by atomic mass is 16.3. The van der Waals surface area contributed by atoms with E-state index in [1.165, 1.54) is 6.07 Å². The van der Waals surface area contributed by atoms with Crippen molar-refractivity contribution < 1.29 is 9.21 Å². The summed E-state index contributed by atoms with van der Waals surface area (Å²) in [5, 5.41) is 3.38. The first-order valence-corrected chi connectivity index (χ1v) is 9.06. The zero-order valence-corrected chi connectivity index (χ0v) is 15.9. The topological polar surface area (TPSA) is 62.6 Å². The van der Waals surface area contributed by atoms with Crippen LogP contribution < -0.4 is 10.7 Å². The fourth-order valence-corrected chi connectivity index (χ4v) is 3.09. The van der Waals surface area contributed by atoms with E-state index in [-0.39, 0.29) is 17.2 Å². The number of aryl methyl sites for hydroxylation is 1. The summed E-state index contributed by atoms with van der Waals surface area (Å²) in [6, 6.07) is 16.7. The van der Waals surface area contributed by atoms with Crippen LogP contribution in [0.2, 0.25) is 0 Å². The third kappa shape index (κ3) is 4.26. The monoisotopic (exact) mass is 364 g/mol. The Morgan fingerprint density at radius 3 is 2.52 bits per heavy atom. The van der Waals surface area contributed by atoms with E-state index in [9.17, 15) is 9.59 Å². The van der Waals surface area contributed by atoms with Crippen molar-refractivity contribution in [2.24, 2.45) is 0 Å². The fraction of sp³-hybridized carbons (Fsp3) is 0.273. The van der Waals surface area contributed by atoms with E-state index in [1.54, 1.807) is 6.07 Å². The fourth-order valence-electron chi connectivity index (χ4n) is 3.09. The Hall–Kier alpha value is -2.92. The standard InChI is InChI=1S/C22H24N2O3/c1-4-15-10-11-20-17(12-15)19(25)13-21(27-20)22(26)23-14-18(24(2)3)16-8-6-5-7-9-16/h5-13,18H,4,14H2,1-3H3,(H,23,26). The van der Waals surface area contributed by atoms with Crippen molar-refractivity contribution in [3.05, 3.63) is 81.7 Å². The second-order valence-electron chi connectivity index (χ2n) is 6.76. The van der Waals surface area contributed by atoms with Crippen LogP contribution in [0.5, 0.6) is 0 Å². The molecule has 1 unspecified atom stereocenters. The van der Waals surface area contributed by atoms with Crippen LogP contribution in [0.3, 0.4) is 0 Å². The average molecular weight is 364 g/mol. The van der Waals surface area contributed by atoms with E-state index < -0.39 is 5.91 Å². The summed E-state index contributed by atoms with van der Waals surface area (Å²) in [7, 11) is 3.93. The number of rotatable bonds is 6. The van der Waals surface area contributed by atoms with Crippen molar-refractivity contribution in [1.29, 1.82) is 0 Å². The Kier molecular flexibility index (Phi) is 5.72. The third-order valence-corrected chi connectivity index (χ3v) is 4.69. The minimum atomic E-state index is -0.392. The third-order valence-electron chi connectivity index (χ3n) is 4.69. The van der Waals surface area contributed by atoms with Gasteiger partial charge in [0.15, 0.2) is 11.2 Å². The van der Waals surface area contributed by atoms with E-state index in [0.717, 1.165) is 17.5 Å². The number of benzene rings is 2. The lowest BCUT2D eigenvalue weighted by atomic mass is 10.1. The van der Waals surface area contributed by atoms with Crippen LogP contribution in [-0.4, -0.2) is 31.4 Å². The molecule has 0 spiro atoms. The minimum Gasteiger partial charge on any atom is -0.451 e. The first kappa shape index (κ1) is 18.9. The number of hydrogen-bond donors (Lipinski definition) is 1. The molecule has 1 heterocycles. The van der Waals surface area contributed by atoms with Crippen LogP contribution in [0.15, 0.2) is 63.8 Å². The predicted molar refractivity (Wildman–Crippen MR) is 107 cm³/mol. The molecule has 3 aromatic rings. The van der Waals surface area contributed by atoms with Crippen molar-refractivity contribution in [2.75, 3.05) is 20.6 Å². The maximum Gasteiger partial charge on any atom is 0.287 e. The van der Waals surface area contributed by atoms with Gasteiger partial charge in [0.1, 0.15) is 5.58 Å². The maximum absolute atomic E-state index is 12.6. The Bertz CT molecular complexity index is 993. The molecular weight excluding hydrogens is 340 g/mol. The van der Waals surface area contributed by atoms with Crippen LogP contribution in [0, 0.1) is 0 Å². The van der Waals surface area contributed by atoms with Gasteiger partial charge >= 0.3 is 0 Å². The molecule has 1 N–H and O–H groups in total. The van der Waals surface area contributed by atoms with Crippen LogP contribution in [-0.2, 0) is 6.42 Å². The first-order chi connectivity index (χ1) is 13.0. The van der Waals surface area contributed by atoms with Gasteiger partial charge in [0.2, 0.25) is 0 Å². The van der Waals surface area contributed by atoms with Gasteiger partial charge in [0, 0.05) is 12.6 Å². The zero-order valence-electron chi connectivity index (χ0n) is 15.9. The van der Waals surface area contributed by atoms with Gasteiger partial charge < -0.3 is 14.6 Å². The molecule has 140 valence electrons. The maximum atomic E-state index is 12.6. The van der Waals surface area contributed by atoms with Crippen molar-refractivity contribution >= 4 is 16.9 Å². The lowest BCUT2D eigenvalue weighted by Crippen LogP contribution is -2.34. The van der Waals surface area contributed by atoms with Crippen LogP contribution >= 0.6 is 0 Å². The van der Waals surface area contributed by atoms with E-state index >= 15 is 0 Å². The molecule has 1 atom stereocenters.